The molecule has 9 nitrogen and oxygen atoms in total. The SMILES string of the molecule is CCOc1cc(CNCCCSc2nnnn2C)ccc1OCC(=O)Nc1ccc(C)cc1. The van der Waals surface area contributed by atoms with Gasteiger partial charge in [-0.1, -0.05) is 35.5 Å². The topological polar surface area (TPSA) is 103 Å². The maximum absolute atomic E-state index is 12.2. The van der Waals surface area contributed by atoms with Crippen LogP contribution in [0, 0.1) is 6.92 Å². The fourth-order valence-electron chi connectivity index (χ4n) is 2.96. The van der Waals surface area contributed by atoms with Crippen LogP contribution in [0.15, 0.2) is 47.6 Å². The first-order valence-electron chi connectivity index (χ1n) is 10.9. The Morgan fingerprint density at radius 2 is 1.94 bits per heavy atom. The molecule has 0 unspecified atom stereocenters. The van der Waals surface area contributed by atoms with Crippen molar-refractivity contribution in [2.24, 2.45) is 7.05 Å². The van der Waals surface area contributed by atoms with E-state index in [4.69, 9.17) is 9.47 Å². The van der Waals surface area contributed by atoms with Gasteiger partial charge in [-0.15, -0.1) is 5.10 Å². The first-order valence-corrected chi connectivity index (χ1v) is 11.8. The third kappa shape index (κ3) is 8.07. The number of ether oxygens (including phenoxy) is 2. The van der Waals surface area contributed by atoms with E-state index >= 15 is 0 Å². The van der Waals surface area contributed by atoms with E-state index in [0.717, 1.165) is 40.7 Å². The third-order valence-electron chi connectivity index (χ3n) is 4.64. The van der Waals surface area contributed by atoms with Gasteiger partial charge in [0, 0.05) is 25.0 Å². The van der Waals surface area contributed by atoms with Crippen LogP contribution in [0.25, 0.3) is 0 Å². The summed E-state index contributed by atoms with van der Waals surface area (Å²) in [6.07, 6.45) is 0.993. The highest BCUT2D eigenvalue weighted by atomic mass is 32.2. The predicted octanol–water partition coefficient (Wildman–Crippen LogP) is 3.21. The smallest absolute Gasteiger partial charge is 0.262 e. The van der Waals surface area contributed by atoms with Crippen LogP contribution < -0.4 is 20.1 Å². The molecule has 0 saturated carbocycles. The number of benzene rings is 2. The molecule has 2 N–H and O–H groups in total. The van der Waals surface area contributed by atoms with Crippen LogP contribution in [0.1, 0.15) is 24.5 Å². The second kappa shape index (κ2) is 12.8. The summed E-state index contributed by atoms with van der Waals surface area (Å²) < 4.78 is 13.1. The van der Waals surface area contributed by atoms with Crippen molar-refractivity contribution in [1.82, 2.24) is 25.5 Å². The van der Waals surface area contributed by atoms with Crippen LogP contribution in [0.5, 0.6) is 11.5 Å². The average molecular weight is 471 g/mol. The van der Waals surface area contributed by atoms with E-state index < -0.39 is 0 Å². The first-order chi connectivity index (χ1) is 16.0. The number of hydrogen-bond acceptors (Lipinski definition) is 8. The number of rotatable bonds is 13. The summed E-state index contributed by atoms with van der Waals surface area (Å²) in [7, 11) is 1.83. The Labute approximate surface area is 198 Å². The molecule has 2 aromatic carbocycles. The molecule has 0 atom stereocenters. The number of thioether (sulfide) groups is 1. The molecule has 10 heteroatoms. The van der Waals surface area contributed by atoms with Crippen molar-refractivity contribution < 1.29 is 14.3 Å². The van der Waals surface area contributed by atoms with Crippen LogP contribution in [-0.2, 0) is 18.4 Å². The van der Waals surface area contributed by atoms with Gasteiger partial charge in [0.1, 0.15) is 0 Å². The lowest BCUT2D eigenvalue weighted by Crippen LogP contribution is -2.20. The Morgan fingerprint density at radius 1 is 1.12 bits per heavy atom. The van der Waals surface area contributed by atoms with Crippen molar-refractivity contribution in [1.29, 1.82) is 0 Å². The zero-order valence-electron chi connectivity index (χ0n) is 19.2. The minimum absolute atomic E-state index is 0.0930. The Kier molecular flexibility index (Phi) is 9.52. The fourth-order valence-corrected chi connectivity index (χ4v) is 3.75. The van der Waals surface area contributed by atoms with Gasteiger partial charge >= 0.3 is 0 Å². The molecule has 1 aromatic heterocycles. The van der Waals surface area contributed by atoms with E-state index in [-0.39, 0.29) is 12.5 Å². The van der Waals surface area contributed by atoms with E-state index in [9.17, 15) is 4.79 Å². The van der Waals surface area contributed by atoms with Gasteiger partial charge in [-0.25, -0.2) is 4.68 Å². The highest BCUT2D eigenvalue weighted by molar-refractivity contribution is 7.99. The molecule has 0 saturated heterocycles. The molecule has 3 rings (SSSR count). The van der Waals surface area contributed by atoms with Crippen molar-refractivity contribution in [2.45, 2.75) is 32.0 Å². The normalized spacial score (nSPS) is 10.8. The van der Waals surface area contributed by atoms with Crippen LogP contribution in [0.4, 0.5) is 5.69 Å². The van der Waals surface area contributed by atoms with Gasteiger partial charge in [0.25, 0.3) is 5.91 Å². The Balaban J connectivity index is 1.43. The zero-order valence-corrected chi connectivity index (χ0v) is 20.0. The van der Waals surface area contributed by atoms with Crippen LogP contribution in [0.3, 0.4) is 0 Å². The molecule has 0 aliphatic heterocycles. The number of carbonyl (C=O) groups excluding carboxylic acids is 1. The van der Waals surface area contributed by atoms with E-state index in [1.807, 2.05) is 63.4 Å². The molecule has 0 spiro atoms. The second-order valence-corrected chi connectivity index (χ2v) is 8.44. The predicted molar refractivity (Wildman–Crippen MR) is 129 cm³/mol. The molecule has 3 aromatic rings. The van der Waals surface area contributed by atoms with Crippen LogP contribution in [0.2, 0.25) is 0 Å². The molecule has 1 heterocycles. The number of nitrogens with one attached hydrogen (secondary N) is 2. The lowest BCUT2D eigenvalue weighted by Gasteiger charge is -2.14. The number of hydrogen-bond donors (Lipinski definition) is 2. The summed E-state index contributed by atoms with van der Waals surface area (Å²) in [5, 5.41) is 18.5. The van der Waals surface area contributed by atoms with E-state index in [2.05, 4.69) is 26.2 Å². The zero-order chi connectivity index (χ0) is 23.5. The molecular formula is C23H30N6O3S. The van der Waals surface area contributed by atoms with Gasteiger partial charge in [-0.2, -0.15) is 0 Å². The molecule has 0 aliphatic carbocycles. The van der Waals surface area contributed by atoms with E-state index in [1.54, 1.807) is 16.4 Å². The van der Waals surface area contributed by atoms with Crippen LogP contribution >= 0.6 is 11.8 Å². The van der Waals surface area contributed by atoms with E-state index in [0.29, 0.717) is 24.7 Å². The summed E-state index contributed by atoms with van der Waals surface area (Å²) in [6, 6.07) is 13.4. The molecule has 0 aliphatic rings. The molecular weight excluding hydrogens is 440 g/mol. The highest BCUT2D eigenvalue weighted by Crippen LogP contribution is 2.28. The largest absolute Gasteiger partial charge is 0.490 e. The number of aromatic nitrogens is 4. The molecule has 33 heavy (non-hydrogen) atoms. The molecule has 0 radical (unpaired) electrons. The summed E-state index contributed by atoms with van der Waals surface area (Å²) in [4.78, 5) is 12.2. The van der Waals surface area contributed by atoms with Gasteiger partial charge < -0.3 is 20.1 Å². The fraction of sp³-hybridized carbons (Fsp3) is 0.391. The Hall–Kier alpha value is -3.11. The average Bonchev–Trinajstić information content (AvgIpc) is 3.22. The van der Waals surface area contributed by atoms with Gasteiger partial charge in [-0.3, -0.25) is 4.79 Å². The maximum atomic E-state index is 12.2. The second-order valence-electron chi connectivity index (χ2n) is 7.38. The molecule has 0 bridgehead atoms. The first kappa shape index (κ1) is 24.5. The van der Waals surface area contributed by atoms with Crippen molar-refractivity contribution >= 4 is 23.4 Å². The minimum atomic E-state index is -0.220. The Morgan fingerprint density at radius 3 is 2.67 bits per heavy atom. The van der Waals surface area contributed by atoms with Crippen LogP contribution in [-0.4, -0.2) is 51.6 Å². The molecule has 1 amide bonds. The summed E-state index contributed by atoms with van der Waals surface area (Å²) in [6.45, 7) is 5.93. The van der Waals surface area contributed by atoms with Crippen molar-refractivity contribution in [2.75, 3.05) is 30.8 Å². The van der Waals surface area contributed by atoms with Crippen molar-refractivity contribution in [3.05, 3.63) is 53.6 Å². The number of amides is 1. The van der Waals surface area contributed by atoms with Gasteiger partial charge in [0.05, 0.1) is 6.61 Å². The number of tetrazole rings is 1. The minimum Gasteiger partial charge on any atom is -0.490 e. The molecule has 176 valence electrons. The summed E-state index contributed by atoms with van der Waals surface area (Å²) in [5.74, 6) is 1.89. The monoisotopic (exact) mass is 470 g/mol. The standard InChI is InChI=1S/C23H30N6O3S/c1-4-31-21-14-18(15-24-12-5-13-33-23-26-27-28-29(23)3)8-11-20(21)32-16-22(30)25-19-9-6-17(2)7-10-19/h6-11,14,24H,4-5,12-13,15-16H2,1-3H3,(H,25,30). The maximum Gasteiger partial charge on any atom is 0.262 e. The Bertz CT molecular complexity index is 1030. The number of nitrogens with zero attached hydrogens (tertiary/aromatic N) is 4. The molecule has 0 fully saturated rings. The quantitative estimate of drug-likeness (QED) is 0.290. The lowest BCUT2D eigenvalue weighted by atomic mass is 10.2. The third-order valence-corrected chi connectivity index (χ3v) is 5.74. The van der Waals surface area contributed by atoms with Gasteiger partial charge in [-0.05, 0) is 67.1 Å². The number of carbonyl (C=O) groups is 1. The van der Waals surface area contributed by atoms with Crippen molar-refractivity contribution in [3.63, 3.8) is 0 Å². The van der Waals surface area contributed by atoms with Gasteiger partial charge in [0.15, 0.2) is 18.1 Å². The number of anilines is 1. The van der Waals surface area contributed by atoms with Gasteiger partial charge in [0.2, 0.25) is 5.16 Å². The lowest BCUT2D eigenvalue weighted by molar-refractivity contribution is -0.118. The number of aryl methyl sites for hydroxylation is 2. The highest BCUT2D eigenvalue weighted by Gasteiger charge is 2.10. The van der Waals surface area contributed by atoms with Crippen molar-refractivity contribution in [3.8, 4) is 11.5 Å². The summed E-state index contributed by atoms with van der Waals surface area (Å²) in [5.41, 5.74) is 2.96. The van der Waals surface area contributed by atoms with E-state index in [1.165, 1.54) is 0 Å². The summed E-state index contributed by atoms with van der Waals surface area (Å²) >= 11 is 1.64.